The Hall–Kier alpha value is -5.87. The molecule has 18 heteroatoms. The number of unbranched alkanes of at least 4 members (excludes halogenated alkanes) is 23. The molecule has 0 saturated heterocycles. The van der Waals surface area contributed by atoms with Crippen molar-refractivity contribution >= 4 is 33.6 Å². The first-order valence-electron chi connectivity index (χ1n) is 43.4. The van der Waals surface area contributed by atoms with Gasteiger partial charge >= 0.3 is 33.6 Å². The summed E-state index contributed by atoms with van der Waals surface area (Å²) in [7, 11) is -9.83. The predicted octanol–water partition coefficient (Wildman–Crippen LogP) is 26.4. The van der Waals surface area contributed by atoms with Crippen molar-refractivity contribution in [1.82, 2.24) is 0 Å². The number of hydrogen-bond donors (Lipinski definition) is 4. The zero-order valence-corrected chi connectivity index (χ0v) is 72.0. The van der Waals surface area contributed by atoms with E-state index in [9.17, 15) is 43.5 Å². The Morgan fingerprint density at radius 2 is 0.442 bits per heavy atom. The molecule has 0 aromatic heterocycles. The van der Waals surface area contributed by atoms with E-state index < -0.39 is 91.5 Å². The van der Waals surface area contributed by atoms with Crippen LogP contribution in [0.4, 0.5) is 0 Å². The molecule has 0 rings (SSSR count). The Kier molecular flexibility index (Phi) is 81.1. The fourth-order valence-corrected chi connectivity index (χ4v) is 12.6. The van der Waals surface area contributed by atoms with Gasteiger partial charge in [-0.25, -0.2) is 9.13 Å². The highest BCUT2D eigenvalue weighted by Crippen LogP contribution is 2.45. The Bertz CT molecular complexity index is 2880. The normalized spacial score (nSPS) is 14.9. The van der Waals surface area contributed by atoms with Gasteiger partial charge in [-0.15, -0.1) is 0 Å². The average molecular weight is 1610 g/mol. The van der Waals surface area contributed by atoms with E-state index in [1.54, 1.807) is 0 Å². The summed E-state index contributed by atoms with van der Waals surface area (Å²) in [6.45, 7) is 2.28. The van der Waals surface area contributed by atoms with E-state index in [1.165, 1.54) is 57.8 Å². The molecule has 5 atom stereocenters. The number of phosphoric ester groups is 2. The van der Waals surface area contributed by atoms with Crippen LogP contribution in [0.15, 0.2) is 207 Å². The van der Waals surface area contributed by atoms with Crippen molar-refractivity contribution in [2.75, 3.05) is 39.6 Å². The Morgan fingerprint density at radius 3 is 0.708 bits per heavy atom. The number of phosphoric acid groups is 2. The molecule has 0 amide bonds. The second-order valence-electron chi connectivity index (χ2n) is 28.2. The van der Waals surface area contributed by atoms with Crippen molar-refractivity contribution in [3.8, 4) is 0 Å². The van der Waals surface area contributed by atoms with Gasteiger partial charge in [-0.2, -0.15) is 0 Å². The van der Waals surface area contributed by atoms with Crippen LogP contribution in [0.25, 0.3) is 0 Å². The number of allylic oxidation sites excluding steroid dienone is 34. The lowest BCUT2D eigenvalue weighted by atomic mass is 10.0. The molecule has 0 aliphatic heterocycles. The van der Waals surface area contributed by atoms with Gasteiger partial charge in [0.2, 0.25) is 0 Å². The number of hydrogen-bond acceptors (Lipinski definition) is 14. The molecule has 0 aromatic carbocycles. The molecule has 0 bridgehead atoms. The largest absolute Gasteiger partial charge is 0.472 e. The second-order valence-corrected chi connectivity index (χ2v) is 31.1. The molecule has 0 aromatic rings. The number of rotatable bonds is 80. The summed E-state index contributed by atoms with van der Waals surface area (Å²) >= 11 is 0. The first kappa shape index (κ1) is 107. The van der Waals surface area contributed by atoms with Crippen LogP contribution in [0, 0.1) is 0 Å². The topological polar surface area (TPSA) is 231 Å². The SMILES string of the molecule is CC/C=C\C/C=C\C/C=C\C/C=C\C/C=C\C/C=C\CCCCCCCCCCCCCCC(=O)OCC(O)COP(=O)(O)OCC(O)COP(=O)(O)OCC(COC(=O)CCCCCCCCCC/C=C\C/C=C\C/C=C\C/C=C\C/C=C\C/C=C\CC)OC(=O)CCCCC/C=C\C/C=C\C/C=C\C/C=C\C/C=C\CC. The molecule has 0 spiro atoms. The maximum atomic E-state index is 13.0. The Morgan fingerprint density at radius 1 is 0.248 bits per heavy atom. The molecular formula is C95H154O16P2. The van der Waals surface area contributed by atoms with Crippen LogP contribution in [0.5, 0.6) is 0 Å². The zero-order chi connectivity index (χ0) is 82.2. The van der Waals surface area contributed by atoms with Crippen molar-refractivity contribution in [3.05, 3.63) is 207 Å². The van der Waals surface area contributed by atoms with Crippen LogP contribution in [-0.2, 0) is 55.8 Å². The highest BCUT2D eigenvalue weighted by molar-refractivity contribution is 7.47. The molecule has 16 nitrogen and oxygen atoms in total. The maximum absolute atomic E-state index is 13.0. The van der Waals surface area contributed by atoms with E-state index in [0.717, 1.165) is 199 Å². The quantitative estimate of drug-likeness (QED) is 0.0146. The minimum Gasteiger partial charge on any atom is -0.463 e. The van der Waals surface area contributed by atoms with Gasteiger partial charge in [0.1, 0.15) is 25.4 Å². The number of aliphatic hydroxyl groups excluding tert-OH is 2. The van der Waals surface area contributed by atoms with E-state index >= 15 is 0 Å². The van der Waals surface area contributed by atoms with Crippen molar-refractivity contribution in [2.24, 2.45) is 0 Å². The van der Waals surface area contributed by atoms with Gasteiger partial charge in [-0.05, 0) is 167 Å². The lowest BCUT2D eigenvalue weighted by molar-refractivity contribution is -0.161. The molecule has 4 N–H and O–H groups in total. The first-order chi connectivity index (χ1) is 55.2. The van der Waals surface area contributed by atoms with Gasteiger partial charge < -0.3 is 34.2 Å². The third-order valence-electron chi connectivity index (χ3n) is 17.5. The number of carbonyl (C=O) groups excluding carboxylic acids is 3. The van der Waals surface area contributed by atoms with Gasteiger partial charge in [0, 0.05) is 19.3 Å². The summed E-state index contributed by atoms with van der Waals surface area (Å²) in [5.41, 5.74) is 0. The minimum atomic E-state index is -4.96. The molecule has 0 fully saturated rings. The summed E-state index contributed by atoms with van der Waals surface area (Å²) in [6, 6.07) is 0. The van der Waals surface area contributed by atoms with Gasteiger partial charge in [-0.3, -0.25) is 32.5 Å². The number of carbonyl (C=O) groups is 3. The van der Waals surface area contributed by atoms with E-state index in [4.69, 9.17) is 32.3 Å². The zero-order valence-electron chi connectivity index (χ0n) is 70.2. The van der Waals surface area contributed by atoms with Crippen LogP contribution < -0.4 is 0 Å². The smallest absolute Gasteiger partial charge is 0.463 e. The lowest BCUT2D eigenvalue weighted by Crippen LogP contribution is -2.30. The van der Waals surface area contributed by atoms with E-state index in [0.29, 0.717) is 19.3 Å². The van der Waals surface area contributed by atoms with E-state index in [1.807, 2.05) is 0 Å². The summed E-state index contributed by atoms with van der Waals surface area (Å²) in [4.78, 5) is 58.9. The first-order valence-corrected chi connectivity index (χ1v) is 46.4. The van der Waals surface area contributed by atoms with E-state index in [-0.39, 0.29) is 19.3 Å². The number of esters is 3. The van der Waals surface area contributed by atoms with Crippen molar-refractivity contribution in [2.45, 2.75) is 334 Å². The van der Waals surface area contributed by atoms with Crippen LogP contribution >= 0.6 is 15.6 Å². The summed E-state index contributed by atoms with van der Waals surface area (Å²) in [5, 5.41) is 20.7. The van der Waals surface area contributed by atoms with Gasteiger partial charge in [0.25, 0.3) is 0 Å². The fraction of sp³-hybridized carbons (Fsp3) is 0.611. The molecule has 0 radical (unpaired) electrons. The fourth-order valence-electron chi connectivity index (χ4n) is 11.0. The molecule has 640 valence electrons. The molecule has 0 saturated carbocycles. The van der Waals surface area contributed by atoms with Crippen LogP contribution in [-0.4, -0.2) is 95.9 Å². The molecular weight excluding hydrogens is 1460 g/mol. The third-order valence-corrected chi connectivity index (χ3v) is 19.4. The molecule has 0 aliphatic rings. The maximum Gasteiger partial charge on any atom is 0.472 e. The van der Waals surface area contributed by atoms with Gasteiger partial charge in [0.05, 0.1) is 26.4 Å². The molecule has 0 heterocycles. The number of aliphatic hydroxyl groups is 2. The van der Waals surface area contributed by atoms with Crippen LogP contribution in [0.3, 0.4) is 0 Å². The lowest BCUT2D eigenvalue weighted by Gasteiger charge is -2.21. The summed E-state index contributed by atoms with van der Waals surface area (Å²) < 4.78 is 61.3. The molecule has 113 heavy (non-hydrogen) atoms. The van der Waals surface area contributed by atoms with Crippen LogP contribution in [0.1, 0.15) is 316 Å². The van der Waals surface area contributed by atoms with Gasteiger partial charge in [-0.1, -0.05) is 337 Å². The third kappa shape index (κ3) is 86.8. The van der Waals surface area contributed by atoms with Gasteiger partial charge in [0.15, 0.2) is 6.10 Å². The highest BCUT2D eigenvalue weighted by atomic mass is 31.2. The van der Waals surface area contributed by atoms with E-state index in [2.05, 4.69) is 227 Å². The molecule has 5 unspecified atom stereocenters. The highest BCUT2D eigenvalue weighted by Gasteiger charge is 2.29. The Labute approximate surface area is 686 Å². The van der Waals surface area contributed by atoms with Crippen molar-refractivity contribution < 1.29 is 75.8 Å². The minimum absolute atomic E-state index is 0.0557. The predicted molar refractivity (Wildman–Crippen MR) is 472 cm³/mol. The monoisotopic (exact) mass is 1610 g/mol. The van der Waals surface area contributed by atoms with Crippen LogP contribution in [0.2, 0.25) is 0 Å². The second kappa shape index (κ2) is 85.5. The molecule has 0 aliphatic carbocycles. The van der Waals surface area contributed by atoms with Crippen molar-refractivity contribution in [3.63, 3.8) is 0 Å². The number of ether oxygens (including phenoxy) is 3. The average Bonchev–Trinajstić information content (AvgIpc) is 0.899. The van der Waals surface area contributed by atoms with Crippen molar-refractivity contribution in [1.29, 1.82) is 0 Å². The Balaban J connectivity index is 4.64. The summed E-state index contributed by atoms with van der Waals surface area (Å²) in [6.07, 6.45) is 114. The standard InChI is InChI=1S/C95H154O16P2/c1-4-7-10-13-16-19-22-25-28-31-34-36-38-40-42-43-44-45-47-49-50-52-55-57-60-63-66-69-72-75-78-81-93(98)105-84-90(96)85-107-112(101,102)108-86-91(97)87-109-113(103,104)110-89-92(111-95(100)83-80-77-74-71-68-65-62-59-54-33-30-27-24-21-18-15-12-9-6-3)88-106-94(99)82-79-76-73-70-67-64-61-58-56-53-51-48-46-41-39-37-35-32-29-26-23-20-17-14-11-8-5-2/h7-12,16-21,25-30,34-37,40-42,44-46,51,53-54,59,65,68,90-92,96-97H,4-6,13-15,22-24,31-33,38-39,43,47-50,52,55-58,60-64,66-67,69-89H2,1-3H3,(H,101,102)(H,103,104)/b10-7-,11-8-,12-9-,19-16-,20-17-,21-18-,28-25-,29-26-,30-27-,36-34-,37-35-,42-40-,45-44-,46-41-,53-51-,59-54-,68-65-. The summed E-state index contributed by atoms with van der Waals surface area (Å²) in [5.74, 6) is -1.63.